The smallest absolute Gasteiger partial charge is 0.326 e. The molecule has 0 bridgehead atoms. The van der Waals surface area contributed by atoms with Gasteiger partial charge in [0.05, 0.1) is 24.2 Å². The molecule has 3 rings (SSSR count). The summed E-state index contributed by atoms with van der Waals surface area (Å²) < 4.78 is 7.40. The molecule has 0 saturated carbocycles. The van der Waals surface area contributed by atoms with Crippen LogP contribution in [0.25, 0.3) is 11.0 Å². The molecule has 1 aromatic heterocycles. The lowest BCUT2D eigenvalue weighted by molar-refractivity contribution is -0.144. The molecular weight excluding hydrogens is 326 g/mol. The number of esters is 1. The van der Waals surface area contributed by atoms with E-state index < -0.39 is 0 Å². The van der Waals surface area contributed by atoms with Gasteiger partial charge in [-0.15, -0.1) is 0 Å². The average molecular weight is 351 g/mol. The number of benzene rings is 2. The Morgan fingerprint density at radius 2 is 1.81 bits per heavy atom. The maximum absolute atomic E-state index is 12.3. The Hall–Kier alpha value is -2.66. The van der Waals surface area contributed by atoms with Crippen molar-refractivity contribution >= 4 is 17.0 Å². The van der Waals surface area contributed by atoms with Crippen LogP contribution >= 0.6 is 0 Å². The summed E-state index contributed by atoms with van der Waals surface area (Å²) in [5.74, 6) is 0.652. The van der Waals surface area contributed by atoms with Crippen LogP contribution in [-0.4, -0.2) is 41.1 Å². The van der Waals surface area contributed by atoms with Crippen LogP contribution in [0.3, 0.4) is 0 Å². The van der Waals surface area contributed by atoms with Crippen LogP contribution in [0.4, 0.5) is 0 Å². The van der Waals surface area contributed by atoms with E-state index in [9.17, 15) is 4.79 Å². The number of para-hydroxylation sites is 2. The Bertz CT molecular complexity index is 856. The highest BCUT2D eigenvalue weighted by molar-refractivity contribution is 5.78. The summed E-state index contributed by atoms with van der Waals surface area (Å²) in [6, 6.07) is 18.1. The summed E-state index contributed by atoms with van der Waals surface area (Å²) >= 11 is 0. The zero-order valence-electron chi connectivity index (χ0n) is 15.4. The van der Waals surface area contributed by atoms with Crippen molar-refractivity contribution in [1.82, 2.24) is 14.5 Å². The number of hydrogen-bond acceptors (Lipinski definition) is 4. The molecule has 0 amide bonds. The van der Waals surface area contributed by atoms with Crippen molar-refractivity contribution in [3.8, 4) is 0 Å². The first-order valence-electron chi connectivity index (χ1n) is 8.92. The van der Waals surface area contributed by atoms with Gasteiger partial charge in [-0.05, 0) is 44.6 Å². The van der Waals surface area contributed by atoms with Crippen molar-refractivity contribution in [2.75, 3.05) is 20.7 Å². The number of aryl methyl sites for hydroxylation is 1. The normalized spacial score (nSPS) is 11.2. The third-order valence-corrected chi connectivity index (χ3v) is 4.19. The molecule has 0 unspecified atom stereocenters. The van der Waals surface area contributed by atoms with Gasteiger partial charge in [-0.25, -0.2) is 4.98 Å². The SMILES string of the molecule is CN(C)Cc1nc2ccccc2n1CC(=O)OCCCc1ccccc1. The van der Waals surface area contributed by atoms with Crippen LogP contribution in [-0.2, 0) is 29.0 Å². The molecule has 5 heteroatoms. The zero-order chi connectivity index (χ0) is 18.4. The van der Waals surface area contributed by atoms with Crippen molar-refractivity contribution in [2.24, 2.45) is 0 Å². The quantitative estimate of drug-likeness (QED) is 0.462. The summed E-state index contributed by atoms with van der Waals surface area (Å²) in [5, 5.41) is 0. The number of fused-ring (bicyclic) bond motifs is 1. The van der Waals surface area contributed by atoms with Crippen molar-refractivity contribution in [2.45, 2.75) is 25.9 Å². The van der Waals surface area contributed by atoms with E-state index in [1.54, 1.807) is 0 Å². The Labute approximate surface area is 154 Å². The fraction of sp³-hybridized carbons (Fsp3) is 0.333. The van der Waals surface area contributed by atoms with E-state index in [4.69, 9.17) is 4.74 Å². The fourth-order valence-corrected chi connectivity index (χ4v) is 2.99. The second-order valence-electron chi connectivity index (χ2n) is 6.65. The Morgan fingerprint density at radius 3 is 2.58 bits per heavy atom. The van der Waals surface area contributed by atoms with Crippen LogP contribution in [0.5, 0.6) is 0 Å². The first kappa shape index (κ1) is 18.1. The molecule has 0 aliphatic heterocycles. The second-order valence-corrected chi connectivity index (χ2v) is 6.65. The minimum absolute atomic E-state index is 0.190. The zero-order valence-corrected chi connectivity index (χ0v) is 15.4. The Balaban J connectivity index is 1.59. The van der Waals surface area contributed by atoms with Gasteiger partial charge >= 0.3 is 5.97 Å². The number of carbonyl (C=O) groups is 1. The maximum atomic E-state index is 12.3. The third kappa shape index (κ3) is 4.70. The standard InChI is InChI=1S/C21H25N3O2/c1-23(2)15-20-22-18-12-6-7-13-19(18)24(20)16-21(25)26-14-8-11-17-9-4-3-5-10-17/h3-7,9-10,12-13H,8,11,14-16H2,1-2H3. The molecule has 3 aromatic rings. The minimum atomic E-state index is -0.221. The van der Waals surface area contributed by atoms with E-state index in [0.717, 1.165) is 29.7 Å². The van der Waals surface area contributed by atoms with Gasteiger partial charge in [-0.2, -0.15) is 0 Å². The number of hydrogen-bond donors (Lipinski definition) is 0. The van der Waals surface area contributed by atoms with E-state index in [1.165, 1.54) is 5.56 Å². The molecule has 0 fully saturated rings. The molecule has 1 heterocycles. The van der Waals surface area contributed by atoms with Gasteiger partial charge in [0.15, 0.2) is 0 Å². The van der Waals surface area contributed by atoms with E-state index in [2.05, 4.69) is 17.1 Å². The van der Waals surface area contributed by atoms with Gasteiger partial charge in [0.25, 0.3) is 0 Å². The van der Waals surface area contributed by atoms with Gasteiger partial charge in [0.1, 0.15) is 12.4 Å². The molecule has 0 N–H and O–H groups in total. The highest BCUT2D eigenvalue weighted by Crippen LogP contribution is 2.17. The van der Waals surface area contributed by atoms with E-state index >= 15 is 0 Å². The molecule has 0 aliphatic carbocycles. The Morgan fingerprint density at radius 1 is 1.08 bits per heavy atom. The van der Waals surface area contributed by atoms with Crippen molar-refractivity contribution in [3.63, 3.8) is 0 Å². The summed E-state index contributed by atoms with van der Waals surface area (Å²) in [7, 11) is 3.98. The van der Waals surface area contributed by atoms with E-state index in [1.807, 2.05) is 66.0 Å². The summed E-state index contributed by atoms with van der Waals surface area (Å²) in [4.78, 5) is 19.0. The monoisotopic (exact) mass is 351 g/mol. The number of ether oxygens (including phenoxy) is 1. The van der Waals surface area contributed by atoms with Gasteiger partial charge in [-0.1, -0.05) is 42.5 Å². The van der Waals surface area contributed by atoms with Crippen molar-refractivity contribution in [1.29, 1.82) is 0 Å². The van der Waals surface area contributed by atoms with Gasteiger partial charge in [-0.3, -0.25) is 4.79 Å². The molecule has 136 valence electrons. The van der Waals surface area contributed by atoms with Crippen molar-refractivity contribution in [3.05, 3.63) is 66.0 Å². The maximum Gasteiger partial charge on any atom is 0.326 e. The van der Waals surface area contributed by atoms with E-state index in [-0.39, 0.29) is 12.5 Å². The molecule has 26 heavy (non-hydrogen) atoms. The van der Waals surface area contributed by atoms with Crippen molar-refractivity contribution < 1.29 is 9.53 Å². The Kier molecular flexibility index (Phi) is 6.02. The van der Waals surface area contributed by atoms with Crippen LogP contribution in [0, 0.1) is 0 Å². The molecule has 0 atom stereocenters. The highest BCUT2D eigenvalue weighted by atomic mass is 16.5. The van der Waals surface area contributed by atoms with Crippen LogP contribution in [0.1, 0.15) is 17.8 Å². The largest absolute Gasteiger partial charge is 0.464 e. The van der Waals surface area contributed by atoms with Crippen LogP contribution in [0.15, 0.2) is 54.6 Å². The molecule has 0 aliphatic rings. The van der Waals surface area contributed by atoms with Crippen LogP contribution in [0.2, 0.25) is 0 Å². The first-order chi connectivity index (χ1) is 12.6. The third-order valence-electron chi connectivity index (χ3n) is 4.19. The molecule has 0 spiro atoms. The average Bonchev–Trinajstić information content (AvgIpc) is 2.96. The highest BCUT2D eigenvalue weighted by Gasteiger charge is 2.14. The molecule has 2 aromatic carbocycles. The second kappa shape index (κ2) is 8.63. The summed E-state index contributed by atoms with van der Waals surface area (Å²) in [6.45, 7) is 1.30. The number of nitrogens with zero attached hydrogens (tertiary/aromatic N) is 3. The molecule has 0 radical (unpaired) electrons. The van der Waals surface area contributed by atoms with Gasteiger partial charge in [0.2, 0.25) is 0 Å². The number of carbonyl (C=O) groups excluding carboxylic acids is 1. The summed E-state index contributed by atoms with van der Waals surface area (Å²) in [5.41, 5.74) is 3.13. The predicted molar refractivity (Wildman–Crippen MR) is 103 cm³/mol. The number of rotatable bonds is 8. The van der Waals surface area contributed by atoms with Gasteiger partial charge in [0, 0.05) is 0 Å². The predicted octanol–water partition coefficient (Wildman–Crippen LogP) is 3.27. The fourth-order valence-electron chi connectivity index (χ4n) is 2.99. The lowest BCUT2D eigenvalue weighted by Crippen LogP contribution is -2.20. The summed E-state index contributed by atoms with van der Waals surface area (Å²) in [6.07, 6.45) is 1.74. The lowest BCUT2D eigenvalue weighted by Gasteiger charge is -2.12. The molecular formula is C21H25N3O2. The molecule has 5 nitrogen and oxygen atoms in total. The molecule has 0 saturated heterocycles. The number of aromatic nitrogens is 2. The van der Waals surface area contributed by atoms with Gasteiger partial charge < -0.3 is 14.2 Å². The minimum Gasteiger partial charge on any atom is -0.464 e. The first-order valence-corrected chi connectivity index (χ1v) is 8.92. The topological polar surface area (TPSA) is 47.4 Å². The van der Waals surface area contributed by atoms with Crippen LogP contribution < -0.4 is 0 Å². The lowest BCUT2D eigenvalue weighted by atomic mass is 10.1. The number of imidazole rings is 1. The van der Waals surface area contributed by atoms with E-state index in [0.29, 0.717) is 13.2 Å².